The number of benzene rings is 3. The maximum Gasteiger partial charge on any atom is 0.282 e. The molecule has 3 aromatic carbocycles. The lowest BCUT2D eigenvalue weighted by atomic mass is 10.1. The van der Waals surface area contributed by atoms with Crippen molar-refractivity contribution in [3.05, 3.63) is 86.9 Å². The van der Waals surface area contributed by atoms with Crippen molar-refractivity contribution in [3.63, 3.8) is 0 Å². The highest BCUT2D eigenvalue weighted by molar-refractivity contribution is 7.89. The predicted octanol–water partition coefficient (Wildman–Crippen LogP) is 3.47. The van der Waals surface area contributed by atoms with Crippen molar-refractivity contribution in [1.29, 1.82) is 0 Å². The van der Waals surface area contributed by atoms with E-state index >= 15 is 0 Å². The van der Waals surface area contributed by atoms with Gasteiger partial charge in [-0.2, -0.15) is 0 Å². The van der Waals surface area contributed by atoms with Crippen LogP contribution in [-0.4, -0.2) is 31.8 Å². The molecule has 0 radical (unpaired) electrons. The Morgan fingerprint density at radius 2 is 1.77 bits per heavy atom. The van der Waals surface area contributed by atoms with Crippen molar-refractivity contribution in [3.8, 4) is 5.75 Å². The summed E-state index contributed by atoms with van der Waals surface area (Å²) in [6.07, 6.45) is 0. The van der Waals surface area contributed by atoms with E-state index in [0.29, 0.717) is 11.3 Å². The summed E-state index contributed by atoms with van der Waals surface area (Å²) in [5, 5.41) is 21.7. The number of carbonyl (C=O) groups is 2. The summed E-state index contributed by atoms with van der Waals surface area (Å²) in [5.74, 6) is -1.24. The summed E-state index contributed by atoms with van der Waals surface area (Å²) in [6, 6.07) is 13.7. The molecule has 3 aromatic rings. The van der Waals surface area contributed by atoms with Gasteiger partial charge in [-0.15, -0.1) is 0 Å². The molecule has 0 heterocycles. The highest BCUT2D eigenvalue weighted by Crippen LogP contribution is 2.30. The van der Waals surface area contributed by atoms with Gasteiger partial charge in [-0.05, 0) is 55.0 Å². The highest BCUT2D eigenvalue weighted by atomic mass is 35.5. The van der Waals surface area contributed by atoms with Crippen LogP contribution in [0.25, 0.3) is 0 Å². The van der Waals surface area contributed by atoms with E-state index in [1.807, 2.05) is 0 Å². The van der Waals surface area contributed by atoms with Gasteiger partial charge in [-0.1, -0.05) is 23.7 Å². The first kappa shape index (κ1) is 25.6. The minimum absolute atomic E-state index is 0.0931. The van der Waals surface area contributed by atoms with Crippen LogP contribution in [0.4, 0.5) is 17.1 Å². The van der Waals surface area contributed by atoms with Crippen LogP contribution in [0.2, 0.25) is 5.02 Å². The number of para-hydroxylation sites is 1. The van der Waals surface area contributed by atoms with Crippen LogP contribution in [-0.2, 0) is 14.8 Å². The third-order valence-corrected chi connectivity index (χ3v) is 5.84. The van der Waals surface area contributed by atoms with Crippen molar-refractivity contribution >= 4 is 50.5 Å². The molecule has 3 rings (SSSR count). The summed E-state index contributed by atoms with van der Waals surface area (Å²) >= 11 is 6.01. The fourth-order valence-corrected chi connectivity index (χ4v) is 3.79. The summed E-state index contributed by atoms with van der Waals surface area (Å²) in [7, 11) is -3.88. The van der Waals surface area contributed by atoms with Crippen LogP contribution >= 0.6 is 11.6 Å². The van der Waals surface area contributed by atoms with Crippen LogP contribution in [0.3, 0.4) is 0 Å². The number of ether oxygens (including phenoxy) is 1. The van der Waals surface area contributed by atoms with Gasteiger partial charge < -0.3 is 15.4 Å². The maximum atomic E-state index is 12.7. The summed E-state index contributed by atoms with van der Waals surface area (Å²) in [6.45, 7) is 1.13. The molecule has 0 aliphatic heterocycles. The summed E-state index contributed by atoms with van der Waals surface area (Å²) in [4.78, 5) is 35.5. The van der Waals surface area contributed by atoms with E-state index in [-0.39, 0.29) is 32.6 Å². The molecule has 0 aliphatic carbocycles. The number of amides is 2. The van der Waals surface area contributed by atoms with Crippen molar-refractivity contribution in [2.45, 2.75) is 11.8 Å². The third kappa shape index (κ3) is 6.53. The van der Waals surface area contributed by atoms with Gasteiger partial charge in [0.1, 0.15) is 11.3 Å². The molecule has 0 fully saturated rings. The molecule has 0 bridgehead atoms. The van der Waals surface area contributed by atoms with E-state index in [1.54, 1.807) is 6.92 Å². The number of rotatable bonds is 8. The predicted molar refractivity (Wildman–Crippen MR) is 129 cm³/mol. The van der Waals surface area contributed by atoms with Crippen LogP contribution in [0.15, 0.2) is 65.6 Å². The van der Waals surface area contributed by atoms with Gasteiger partial charge in [0.05, 0.1) is 15.5 Å². The lowest BCUT2D eigenvalue weighted by Gasteiger charge is -2.14. The molecule has 0 aromatic heterocycles. The Hall–Kier alpha value is -4.00. The zero-order chi connectivity index (χ0) is 25.8. The van der Waals surface area contributed by atoms with E-state index in [9.17, 15) is 28.1 Å². The Kier molecular flexibility index (Phi) is 7.69. The van der Waals surface area contributed by atoms with E-state index in [4.69, 9.17) is 21.5 Å². The first-order chi connectivity index (χ1) is 16.5. The Bertz CT molecular complexity index is 1430. The largest absolute Gasteiger partial charge is 0.482 e. The second-order valence-corrected chi connectivity index (χ2v) is 9.23. The number of primary sulfonamides is 1. The second-order valence-electron chi connectivity index (χ2n) is 7.23. The molecule has 0 saturated carbocycles. The van der Waals surface area contributed by atoms with Crippen LogP contribution in [0.5, 0.6) is 5.75 Å². The lowest BCUT2D eigenvalue weighted by Crippen LogP contribution is -2.22. The number of anilines is 2. The van der Waals surface area contributed by atoms with Crippen LogP contribution in [0, 0.1) is 17.0 Å². The first-order valence-corrected chi connectivity index (χ1v) is 11.8. The van der Waals surface area contributed by atoms with Gasteiger partial charge in [0, 0.05) is 16.8 Å². The van der Waals surface area contributed by atoms with Crippen molar-refractivity contribution < 1.29 is 27.7 Å². The Balaban J connectivity index is 1.73. The standard InChI is InChI=1S/C22H19ClN4O7S/c1-13-10-15(35(24,32)33)7-8-17(13)25-21(28)12-34-20-9-6-14(23)11-18(20)26-22(29)16-4-2-3-5-19(16)27(30)31/h2-11H,12H2,1H3,(H,25,28)(H,26,29)(H2,24,32,33). The Labute approximate surface area is 205 Å². The average Bonchev–Trinajstić information content (AvgIpc) is 2.79. The second kappa shape index (κ2) is 10.5. The SMILES string of the molecule is Cc1cc(S(N)(=O)=O)ccc1NC(=O)COc1ccc(Cl)cc1NC(=O)c1ccccc1[N+](=O)[O-]. The fraction of sp³-hybridized carbons (Fsp3) is 0.0909. The number of sulfonamides is 1. The number of aryl methyl sites for hydroxylation is 1. The number of nitrogens with one attached hydrogen (secondary N) is 2. The van der Waals surface area contributed by atoms with E-state index in [1.165, 1.54) is 60.7 Å². The van der Waals surface area contributed by atoms with Crippen molar-refractivity contribution in [2.24, 2.45) is 5.14 Å². The number of nitrogens with zero attached hydrogens (tertiary/aromatic N) is 1. The molecular weight excluding hydrogens is 500 g/mol. The molecule has 2 amide bonds. The van der Waals surface area contributed by atoms with Crippen LogP contribution < -0.4 is 20.5 Å². The zero-order valence-corrected chi connectivity index (χ0v) is 19.7. The first-order valence-electron chi connectivity index (χ1n) is 9.86. The number of halogens is 1. The van der Waals surface area contributed by atoms with Crippen molar-refractivity contribution in [1.82, 2.24) is 0 Å². The normalized spacial score (nSPS) is 10.9. The van der Waals surface area contributed by atoms with Gasteiger partial charge >= 0.3 is 0 Å². The number of nitrogens with two attached hydrogens (primary N) is 1. The smallest absolute Gasteiger partial charge is 0.282 e. The van der Waals surface area contributed by atoms with E-state index in [2.05, 4.69) is 10.6 Å². The molecular formula is C22H19ClN4O7S. The highest BCUT2D eigenvalue weighted by Gasteiger charge is 2.21. The Morgan fingerprint density at radius 1 is 1.06 bits per heavy atom. The van der Waals surface area contributed by atoms with Crippen molar-refractivity contribution in [2.75, 3.05) is 17.2 Å². The van der Waals surface area contributed by atoms with E-state index in [0.717, 1.165) is 0 Å². The molecule has 182 valence electrons. The topological polar surface area (TPSA) is 171 Å². The number of hydrogen-bond acceptors (Lipinski definition) is 7. The molecule has 0 aliphatic rings. The van der Waals surface area contributed by atoms with Crippen LogP contribution in [0.1, 0.15) is 15.9 Å². The minimum Gasteiger partial charge on any atom is -0.482 e. The average molecular weight is 519 g/mol. The molecule has 0 unspecified atom stereocenters. The summed E-state index contributed by atoms with van der Waals surface area (Å²) in [5.41, 5.74) is 0.375. The Morgan fingerprint density at radius 3 is 2.43 bits per heavy atom. The molecule has 13 heteroatoms. The molecule has 11 nitrogen and oxygen atoms in total. The van der Waals surface area contributed by atoms with Gasteiger partial charge in [0.25, 0.3) is 17.5 Å². The number of carbonyl (C=O) groups excluding carboxylic acids is 2. The maximum absolute atomic E-state index is 12.7. The third-order valence-electron chi connectivity index (χ3n) is 4.69. The molecule has 0 saturated heterocycles. The van der Waals surface area contributed by atoms with Gasteiger partial charge in [-0.25, -0.2) is 13.6 Å². The quantitative estimate of drug-likeness (QED) is 0.302. The monoisotopic (exact) mass is 518 g/mol. The number of hydrogen-bond donors (Lipinski definition) is 3. The lowest BCUT2D eigenvalue weighted by molar-refractivity contribution is -0.385. The van der Waals surface area contributed by atoms with Gasteiger partial charge in [-0.3, -0.25) is 19.7 Å². The fourth-order valence-electron chi connectivity index (χ4n) is 3.02. The molecule has 4 N–H and O–H groups in total. The number of nitro groups is 1. The zero-order valence-electron chi connectivity index (χ0n) is 18.1. The molecule has 35 heavy (non-hydrogen) atoms. The molecule has 0 atom stereocenters. The minimum atomic E-state index is -3.88. The van der Waals surface area contributed by atoms with Gasteiger partial charge in [0.15, 0.2) is 6.61 Å². The number of nitro benzene ring substituents is 1. The van der Waals surface area contributed by atoms with Gasteiger partial charge in [0.2, 0.25) is 10.0 Å². The van der Waals surface area contributed by atoms with E-state index < -0.39 is 33.4 Å². The molecule has 0 spiro atoms. The summed E-state index contributed by atoms with van der Waals surface area (Å²) < 4.78 is 28.4.